The Hall–Kier alpha value is -1.20. The Morgan fingerprint density at radius 3 is 2.94 bits per heavy atom. The van der Waals surface area contributed by atoms with Gasteiger partial charge in [-0.25, -0.2) is 4.79 Å². The average molecular weight is 305 g/mol. The highest BCUT2D eigenvalue weighted by Gasteiger charge is 2.11. The average Bonchev–Trinajstić information content (AvgIpc) is 2.60. The summed E-state index contributed by atoms with van der Waals surface area (Å²) in [7, 11) is 1.47. The molecule has 16 heavy (non-hydrogen) atoms. The molecule has 0 saturated carbocycles. The van der Waals surface area contributed by atoms with Crippen LogP contribution in [0.2, 0.25) is 5.02 Å². The molecule has 0 aliphatic rings. The highest BCUT2D eigenvalue weighted by atomic mass is 79.9. The fourth-order valence-electron chi connectivity index (χ4n) is 1.23. The van der Waals surface area contributed by atoms with Crippen molar-refractivity contribution in [3.05, 3.63) is 27.7 Å². The van der Waals surface area contributed by atoms with Gasteiger partial charge in [-0.15, -0.1) is 0 Å². The summed E-state index contributed by atoms with van der Waals surface area (Å²) in [5.41, 5.74) is 0.554. The Kier molecular flexibility index (Phi) is 3.07. The molecule has 0 atom stereocenters. The monoisotopic (exact) mass is 303 g/mol. The van der Waals surface area contributed by atoms with Gasteiger partial charge in [0.05, 0.1) is 0 Å². The predicted octanol–water partition coefficient (Wildman–Crippen LogP) is 3.57. The van der Waals surface area contributed by atoms with Gasteiger partial charge in [-0.3, -0.25) is 0 Å². The number of fused-ring (bicyclic) bond motifs is 1. The number of hydrogen-bond donors (Lipinski definition) is 1. The van der Waals surface area contributed by atoms with Gasteiger partial charge in [-0.2, -0.15) is 0 Å². The number of carbonyl (C=O) groups is 1. The number of hydrogen-bond acceptors (Lipinski definition) is 3. The molecule has 0 spiro atoms. The first-order valence-electron chi connectivity index (χ1n) is 4.38. The van der Waals surface area contributed by atoms with E-state index >= 15 is 0 Å². The lowest BCUT2D eigenvalue weighted by Crippen LogP contribution is -2.21. The van der Waals surface area contributed by atoms with Crippen LogP contribution in [0.15, 0.2) is 27.1 Å². The van der Waals surface area contributed by atoms with Crippen LogP contribution >= 0.6 is 27.5 Å². The van der Waals surface area contributed by atoms with Crippen molar-refractivity contribution in [2.45, 2.75) is 0 Å². The van der Waals surface area contributed by atoms with Crippen molar-refractivity contribution >= 4 is 44.6 Å². The molecule has 6 heteroatoms. The van der Waals surface area contributed by atoms with Gasteiger partial charge in [0, 0.05) is 34.1 Å². The molecule has 0 bridgehead atoms. The quantitative estimate of drug-likeness (QED) is 0.876. The van der Waals surface area contributed by atoms with E-state index in [4.69, 9.17) is 20.8 Å². The van der Waals surface area contributed by atoms with E-state index in [9.17, 15) is 4.79 Å². The van der Waals surface area contributed by atoms with Gasteiger partial charge in [0.15, 0.2) is 0 Å². The van der Waals surface area contributed by atoms with Crippen LogP contribution in [0, 0.1) is 0 Å². The molecule has 1 N–H and O–H groups in total. The molecular weight excluding hydrogens is 297 g/mol. The van der Waals surface area contributed by atoms with Gasteiger partial charge in [-0.05, 0) is 22.0 Å². The van der Waals surface area contributed by atoms with E-state index < -0.39 is 6.09 Å². The molecule has 84 valence electrons. The van der Waals surface area contributed by atoms with Crippen LogP contribution < -0.4 is 10.1 Å². The minimum absolute atomic E-state index is 0.123. The maximum atomic E-state index is 11.0. The van der Waals surface area contributed by atoms with E-state index in [1.807, 2.05) is 0 Å². The molecule has 0 unspecified atom stereocenters. The molecule has 0 aliphatic carbocycles. The number of furan rings is 1. The maximum Gasteiger partial charge on any atom is 0.414 e. The minimum Gasteiger partial charge on any atom is -0.425 e. The summed E-state index contributed by atoms with van der Waals surface area (Å²) in [5, 5.41) is 3.66. The number of halogens is 2. The Balaban J connectivity index is 2.44. The first-order valence-corrected chi connectivity index (χ1v) is 5.55. The predicted molar refractivity (Wildman–Crippen MR) is 64.0 cm³/mol. The molecule has 4 nitrogen and oxygen atoms in total. The third-order valence-electron chi connectivity index (χ3n) is 1.93. The zero-order valence-corrected chi connectivity index (χ0v) is 10.6. The van der Waals surface area contributed by atoms with Crippen LogP contribution in [0.1, 0.15) is 0 Å². The van der Waals surface area contributed by atoms with Gasteiger partial charge in [0.1, 0.15) is 5.58 Å². The van der Waals surface area contributed by atoms with Gasteiger partial charge in [0.25, 0.3) is 5.95 Å². The summed E-state index contributed by atoms with van der Waals surface area (Å²) in [6.45, 7) is 0. The Bertz CT molecular complexity index is 552. The molecule has 0 fully saturated rings. The summed E-state index contributed by atoms with van der Waals surface area (Å²) >= 11 is 9.20. The summed E-state index contributed by atoms with van der Waals surface area (Å²) in [6, 6.07) is 5.01. The van der Waals surface area contributed by atoms with Crippen molar-refractivity contribution in [2.75, 3.05) is 7.05 Å². The van der Waals surface area contributed by atoms with Crippen LogP contribution in [0.4, 0.5) is 4.79 Å². The van der Waals surface area contributed by atoms with Gasteiger partial charge < -0.3 is 14.5 Å². The van der Waals surface area contributed by atoms with Gasteiger partial charge in [-0.1, -0.05) is 11.6 Å². The number of carbonyl (C=O) groups excluding carboxylic acids is 1. The van der Waals surface area contributed by atoms with Crippen molar-refractivity contribution in [1.29, 1.82) is 0 Å². The number of rotatable bonds is 1. The zero-order chi connectivity index (χ0) is 11.7. The minimum atomic E-state index is -0.582. The molecular formula is C10H7BrClNO3. The molecule has 1 heterocycles. The molecule has 1 aromatic heterocycles. The normalized spacial score (nSPS) is 10.4. The molecule has 2 aromatic rings. The van der Waals surface area contributed by atoms with Gasteiger partial charge >= 0.3 is 6.09 Å². The van der Waals surface area contributed by atoms with Crippen molar-refractivity contribution in [3.8, 4) is 5.95 Å². The van der Waals surface area contributed by atoms with Crippen molar-refractivity contribution in [2.24, 2.45) is 0 Å². The summed E-state index contributed by atoms with van der Waals surface area (Å²) in [5.74, 6) is 0.123. The highest BCUT2D eigenvalue weighted by molar-refractivity contribution is 9.10. The summed E-state index contributed by atoms with van der Waals surface area (Å²) in [4.78, 5) is 11.0. The topological polar surface area (TPSA) is 51.5 Å². The molecule has 0 radical (unpaired) electrons. The van der Waals surface area contributed by atoms with E-state index in [0.717, 1.165) is 9.86 Å². The summed E-state index contributed by atoms with van der Waals surface area (Å²) < 4.78 is 11.0. The number of ether oxygens (including phenoxy) is 1. The van der Waals surface area contributed by atoms with Crippen LogP contribution in [-0.4, -0.2) is 13.1 Å². The molecule has 2 rings (SSSR count). The SMILES string of the molecule is CNC(=O)Oc1cc2c(Br)cc(Cl)cc2o1. The third-order valence-corrected chi connectivity index (χ3v) is 2.80. The lowest BCUT2D eigenvalue weighted by Gasteiger charge is -1.96. The Morgan fingerprint density at radius 2 is 2.25 bits per heavy atom. The second-order valence-electron chi connectivity index (χ2n) is 3.00. The fourth-order valence-corrected chi connectivity index (χ4v) is 2.13. The first kappa shape index (κ1) is 11.3. The van der Waals surface area contributed by atoms with Crippen molar-refractivity contribution in [1.82, 2.24) is 5.32 Å². The molecule has 1 amide bonds. The third kappa shape index (κ3) is 2.15. The standard InChI is InChI=1S/C10H7BrClNO3/c1-13-10(14)16-9-4-6-7(11)2-5(12)3-8(6)15-9/h2-4H,1H3,(H,13,14). The van der Waals surface area contributed by atoms with Crippen LogP contribution in [0.5, 0.6) is 5.95 Å². The van der Waals surface area contributed by atoms with E-state index in [2.05, 4.69) is 21.2 Å². The fraction of sp³-hybridized carbons (Fsp3) is 0.100. The number of nitrogens with one attached hydrogen (secondary N) is 1. The second kappa shape index (κ2) is 4.35. The molecule has 1 aromatic carbocycles. The number of amides is 1. The lowest BCUT2D eigenvalue weighted by atomic mass is 10.3. The second-order valence-corrected chi connectivity index (χ2v) is 4.30. The van der Waals surface area contributed by atoms with Crippen molar-refractivity contribution < 1.29 is 13.9 Å². The first-order chi connectivity index (χ1) is 7.60. The van der Waals surface area contributed by atoms with E-state index in [1.165, 1.54) is 7.05 Å². The highest BCUT2D eigenvalue weighted by Crippen LogP contribution is 2.33. The van der Waals surface area contributed by atoms with Crippen LogP contribution in [0.3, 0.4) is 0 Å². The van der Waals surface area contributed by atoms with E-state index in [0.29, 0.717) is 10.6 Å². The van der Waals surface area contributed by atoms with E-state index in [1.54, 1.807) is 18.2 Å². The molecule has 0 saturated heterocycles. The van der Waals surface area contributed by atoms with Crippen molar-refractivity contribution in [3.63, 3.8) is 0 Å². The smallest absolute Gasteiger partial charge is 0.414 e. The molecule has 0 aliphatic heterocycles. The number of benzene rings is 1. The lowest BCUT2D eigenvalue weighted by molar-refractivity contribution is 0.191. The zero-order valence-electron chi connectivity index (χ0n) is 8.21. The summed E-state index contributed by atoms with van der Waals surface area (Å²) in [6.07, 6.45) is -0.582. The van der Waals surface area contributed by atoms with Crippen LogP contribution in [0.25, 0.3) is 11.0 Å². The Labute approximate surface area is 105 Å². The largest absolute Gasteiger partial charge is 0.425 e. The maximum absolute atomic E-state index is 11.0. The van der Waals surface area contributed by atoms with Crippen LogP contribution in [-0.2, 0) is 0 Å². The Morgan fingerprint density at radius 1 is 1.50 bits per heavy atom. The van der Waals surface area contributed by atoms with Gasteiger partial charge in [0.2, 0.25) is 0 Å². The van der Waals surface area contributed by atoms with E-state index in [-0.39, 0.29) is 5.95 Å².